The second kappa shape index (κ2) is 9.87. The van der Waals surface area contributed by atoms with Crippen molar-refractivity contribution >= 4 is 50.5 Å². The maximum absolute atomic E-state index is 13.4. The molecule has 2 amide bonds. The molecule has 1 aliphatic rings. The molecule has 0 atom stereocenters. The lowest BCUT2D eigenvalue weighted by molar-refractivity contribution is -0.117. The smallest absolute Gasteiger partial charge is 0.264 e. The van der Waals surface area contributed by atoms with Crippen LogP contribution in [0.5, 0.6) is 0 Å². The first-order valence-corrected chi connectivity index (χ1v) is 12.6. The van der Waals surface area contributed by atoms with Gasteiger partial charge in [-0.05, 0) is 67.4 Å². The van der Waals surface area contributed by atoms with E-state index in [1.807, 2.05) is 13.0 Å². The molecule has 176 valence electrons. The van der Waals surface area contributed by atoms with Crippen LogP contribution in [-0.2, 0) is 19.6 Å². The van der Waals surface area contributed by atoms with Gasteiger partial charge >= 0.3 is 0 Å². The summed E-state index contributed by atoms with van der Waals surface area (Å²) in [5.74, 6) is -0.458. The SMILES string of the molecule is Cc1ccc(NC(=O)CN(c2ccccc2)S(=O)(=O)c2ccc(Cl)cc2)cc1N1CCCC1=O. The number of carbonyl (C=O) groups is 2. The summed E-state index contributed by atoms with van der Waals surface area (Å²) >= 11 is 5.92. The summed E-state index contributed by atoms with van der Waals surface area (Å²) in [6.07, 6.45) is 1.30. The van der Waals surface area contributed by atoms with Crippen molar-refractivity contribution in [3.05, 3.63) is 83.4 Å². The molecule has 0 saturated carbocycles. The fraction of sp³-hybridized carbons (Fsp3) is 0.200. The molecule has 3 aromatic rings. The van der Waals surface area contributed by atoms with Crippen LogP contribution >= 0.6 is 11.6 Å². The van der Waals surface area contributed by atoms with Crippen LogP contribution in [0.4, 0.5) is 17.1 Å². The summed E-state index contributed by atoms with van der Waals surface area (Å²) in [4.78, 5) is 26.9. The summed E-state index contributed by atoms with van der Waals surface area (Å²) in [7, 11) is -4.03. The van der Waals surface area contributed by atoms with E-state index >= 15 is 0 Å². The van der Waals surface area contributed by atoms with Gasteiger partial charge in [0.05, 0.1) is 10.6 Å². The molecule has 1 N–H and O–H groups in total. The highest BCUT2D eigenvalue weighted by molar-refractivity contribution is 7.92. The summed E-state index contributed by atoms with van der Waals surface area (Å²) < 4.78 is 27.9. The number of hydrogen-bond acceptors (Lipinski definition) is 4. The van der Waals surface area contributed by atoms with Crippen LogP contribution in [0.15, 0.2) is 77.7 Å². The Bertz CT molecular complexity index is 1310. The van der Waals surface area contributed by atoms with Crippen molar-refractivity contribution in [1.29, 1.82) is 0 Å². The summed E-state index contributed by atoms with van der Waals surface area (Å²) in [6.45, 7) is 2.11. The Labute approximate surface area is 204 Å². The van der Waals surface area contributed by atoms with Gasteiger partial charge < -0.3 is 10.2 Å². The van der Waals surface area contributed by atoms with Gasteiger partial charge in [-0.2, -0.15) is 0 Å². The molecule has 0 bridgehead atoms. The van der Waals surface area contributed by atoms with Gasteiger partial charge in [-0.3, -0.25) is 13.9 Å². The van der Waals surface area contributed by atoms with Crippen LogP contribution in [-0.4, -0.2) is 33.3 Å². The van der Waals surface area contributed by atoms with Gasteiger partial charge in [0.1, 0.15) is 6.54 Å². The molecule has 9 heteroatoms. The van der Waals surface area contributed by atoms with Gasteiger partial charge in [0, 0.05) is 29.4 Å². The van der Waals surface area contributed by atoms with Crippen LogP contribution < -0.4 is 14.5 Å². The molecule has 7 nitrogen and oxygen atoms in total. The van der Waals surface area contributed by atoms with Gasteiger partial charge in [-0.25, -0.2) is 8.42 Å². The lowest BCUT2D eigenvalue weighted by atomic mass is 10.1. The third-order valence-corrected chi connectivity index (χ3v) is 7.63. The summed E-state index contributed by atoms with van der Waals surface area (Å²) in [5, 5.41) is 3.19. The van der Waals surface area contributed by atoms with E-state index in [0.717, 1.165) is 22.0 Å². The largest absolute Gasteiger partial charge is 0.324 e. The number of amides is 2. The molecule has 0 radical (unpaired) electrons. The average molecular weight is 498 g/mol. The molecule has 34 heavy (non-hydrogen) atoms. The van der Waals surface area contributed by atoms with Crippen molar-refractivity contribution in [3.63, 3.8) is 0 Å². The van der Waals surface area contributed by atoms with Crippen molar-refractivity contribution in [2.24, 2.45) is 0 Å². The molecular formula is C25H24ClN3O4S. The van der Waals surface area contributed by atoms with Crippen molar-refractivity contribution in [2.45, 2.75) is 24.7 Å². The number of nitrogens with zero attached hydrogens (tertiary/aromatic N) is 2. The Hall–Kier alpha value is -3.36. The number of rotatable bonds is 7. The second-order valence-electron chi connectivity index (χ2n) is 8.00. The van der Waals surface area contributed by atoms with Crippen molar-refractivity contribution < 1.29 is 18.0 Å². The minimum Gasteiger partial charge on any atom is -0.324 e. The zero-order valence-corrected chi connectivity index (χ0v) is 20.1. The van der Waals surface area contributed by atoms with E-state index < -0.39 is 22.5 Å². The molecule has 0 spiro atoms. The fourth-order valence-electron chi connectivity index (χ4n) is 3.85. The number of carbonyl (C=O) groups excluding carboxylic acids is 2. The quantitative estimate of drug-likeness (QED) is 0.516. The number of sulfonamides is 1. The lowest BCUT2D eigenvalue weighted by Crippen LogP contribution is -2.38. The Balaban J connectivity index is 1.60. The zero-order chi connectivity index (χ0) is 24.3. The minimum absolute atomic E-state index is 0.0266. The molecule has 1 fully saturated rings. The highest BCUT2D eigenvalue weighted by Gasteiger charge is 2.28. The van der Waals surface area contributed by atoms with E-state index in [-0.39, 0.29) is 10.8 Å². The normalized spacial score (nSPS) is 13.7. The Morgan fingerprint density at radius 2 is 1.76 bits per heavy atom. The minimum atomic E-state index is -4.03. The van der Waals surface area contributed by atoms with E-state index in [0.29, 0.717) is 29.4 Å². The topological polar surface area (TPSA) is 86.8 Å². The number of anilines is 3. The van der Waals surface area contributed by atoms with Crippen molar-refractivity contribution in [3.8, 4) is 0 Å². The Kier molecular flexibility index (Phi) is 6.90. The molecule has 0 unspecified atom stereocenters. The third kappa shape index (κ3) is 5.08. The first kappa shape index (κ1) is 23.8. The third-order valence-electron chi connectivity index (χ3n) is 5.59. The van der Waals surface area contributed by atoms with Gasteiger partial charge in [0.2, 0.25) is 11.8 Å². The van der Waals surface area contributed by atoms with Gasteiger partial charge in [-0.15, -0.1) is 0 Å². The van der Waals surface area contributed by atoms with Crippen molar-refractivity contribution in [2.75, 3.05) is 27.6 Å². The van der Waals surface area contributed by atoms with Crippen LogP contribution in [0.2, 0.25) is 5.02 Å². The maximum atomic E-state index is 13.4. The molecule has 1 heterocycles. The zero-order valence-electron chi connectivity index (χ0n) is 18.6. The van der Waals surface area contributed by atoms with Gasteiger partial charge in [-0.1, -0.05) is 35.9 Å². The number of hydrogen-bond donors (Lipinski definition) is 1. The lowest BCUT2D eigenvalue weighted by Gasteiger charge is -2.24. The van der Waals surface area contributed by atoms with E-state index in [2.05, 4.69) is 5.32 Å². The predicted molar refractivity (Wildman–Crippen MR) is 134 cm³/mol. The fourth-order valence-corrected chi connectivity index (χ4v) is 5.40. The summed E-state index contributed by atoms with van der Waals surface area (Å²) in [6, 6.07) is 19.5. The van der Waals surface area contributed by atoms with E-state index in [9.17, 15) is 18.0 Å². The van der Waals surface area contributed by atoms with Crippen LogP contribution in [0.3, 0.4) is 0 Å². The maximum Gasteiger partial charge on any atom is 0.264 e. The molecule has 3 aromatic carbocycles. The molecule has 1 aliphatic heterocycles. The molecule has 0 aliphatic carbocycles. The number of halogens is 1. The van der Waals surface area contributed by atoms with E-state index in [1.54, 1.807) is 47.4 Å². The Morgan fingerprint density at radius 3 is 2.41 bits per heavy atom. The monoisotopic (exact) mass is 497 g/mol. The standard InChI is InChI=1S/C25H24ClN3O4S/c1-18-9-12-20(16-23(18)28-15-5-8-25(28)31)27-24(30)17-29(21-6-3-2-4-7-21)34(32,33)22-13-10-19(26)11-14-22/h2-4,6-7,9-14,16H,5,8,15,17H2,1H3,(H,27,30). The van der Waals surface area contributed by atoms with Gasteiger partial charge in [0.15, 0.2) is 0 Å². The number of para-hydroxylation sites is 1. The predicted octanol–water partition coefficient (Wildman–Crippen LogP) is 4.61. The first-order valence-electron chi connectivity index (χ1n) is 10.8. The van der Waals surface area contributed by atoms with Crippen LogP contribution in [0.25, 0.3) is 0 Å². The second-order valence-corrected chi connectivity index (χ2v) is 10.3. The highest BCUT2D eigenvalue weighted by atomic mass is 35.5. The molecule has 4 rings (SSSR count). The van der Waals surface area contributed by atoms with Crippen LogP contribution in [0.1, 0.15) is 18.4 Å². The Morgan fingerprint density at radius 1 is 1.06 bits per heavy atom. The number of benzene rings is 3. The van der Waals surface area contributed by atoms with E-state index in [1.165, 1.54) is 24.3 Å². The van der Waals surface area contributed by atoms with Crippen molar-refractivity contribution in [1.82, 2.24) is 0 Å². The molecular weight excluding hydrogens is 474 g/mol. The average Bonchev–Trinajstić information content (AvgIpc) is 3.25. The molecule has 1 saturated heterocycles. The highest BCUT2D eigenvalue weighted by Crippen LogP contribution is 2.29. The number of nitrogens with one attached hydrogen (secondary N) is 1. The van der Waals surface area contributed by atoms with Crippen LogP contribution in [0, 0.1) is 6.92 Å². The molecule has 0 aromatic heterocycles. The van der Waals surface area contributed by atoms with Gasteiger partial charge in [0.25, 0.3) is 10.0 Å². The first-order chi connectivity index (χ1) is 16.3. The van der Waals surface area contributed by atoms with E-state index in [4.69, 9.17) is 11.6 Å². The summed E-state index contributed by atoms with van der Waals surface area (Å²) in [5.41, 5.74) is 2.51. The number of aryl methyl sites for hydroxylation is 1.